The molecule has 1 fully saturated rings. The quantitative estimate of drug-likeness (QED) is 0.663. The third-order valence-corrected chi connectivity index (χ3v) is 2.67. The molecule has 0 saturated carbocycles. The van der Waals surface area contributed by atoms with E-state index in [1.165, 1.54) is 11.1 Å². The van der Waals surface area contributed by atoms with Gasteiger partial charge in [-0.1, -0.05) is 5.16 Å². The van der Waals surface area contributed by atoms with Crippen LogP contribution in [0, 0.1) is 6.92 Å². The largest absolute Gasteiger partial charge is 0.361 e. The van der Waals surface area contributed by atoms with Crippen molar-refractivity contribution in [1.82, 2.24) is 15.4 Å². The maximum Gasteiger partial charge on any atom is 0.260 e. The zero-order chi connectivity index (χ0) is 12.6. The highest BCUT2D eigenvalue weighted by molar-refractivity contribution is 6.07. The summed E-state index contributed by atoms with van der Waals surface area (Å²) in [5.41, 5.74) is 0.263. The van der Waals surface area contributed by atoms with Crippen LogP contribution in [0.25, 0.3) is 0 Å². The highest BCUT2D eigenvalue weighted by atomic mass is 16.5. The summed E-state index contributed by atoms with van der Waals surface area (Å²) in [6.07, 6.45) is 1.28. The van der Waals surface area contributed by atoms with Crippen LogP contribution in [0.2, 0.25) is 0 Å². The first-order valence-electron chi connectivity index (χ1n) is 5.06. The van der Waals surface area contributed by atoms with Crippen molar-refractivity contribution in [2.75, 3.05) is 6.54 Å². The van der Waals surface area contributed by atoms with Gasteiger partial charge >= 0.3 is 0 Å². The van der Waals surface area contributed by atoms with Crippen LogP contribution in [-0.4, -0.2) is 40.4 Å². The average Bonchev–Trinajstić information content (AvgIpc) is 2.69. The van der Waals surface area contributed by atoms with Crippen LogP contribution in [0.3, 0.4) is 0 Å². The topological polar surface area (TPSA) is 92.5 Å². The molecule has 7 heteroatoms. The fourth-order valence-corrected chi connectivity index (χ4v) is 1.62. The summed E-state index contributed by atoms with van der Waals surface area (Å²) < 4.78 is 4.78. The Hall–Kier alpha value is -2.18. The van der Waals surface area contributed by atoms with Gasteiger partial charge in [0, 0.05) is 0 Å². The minimum absolute atomic E-state index is 0.143. The molecule has 0 aliphatic carbocycles. The van der Waals surface area contributed by atoms with Gasteiger partial charge in [0.15, 0.2) is 0 Å². The van der Waals surface area contributed by atoms with Crippen LogP contribution in [0.4, 0.5) is 0 Å². The van der Waals surface area contributed by atoms with Crippen molar-refractivity contribution < 1.29 is 18.9 Å². The smallest absolute Gasteiger partial charge is 0.260 e. The predicted octanol–water partition coefficient (Wildman–Crippen LogP) is -0.530. The number of aryl methyl sites for hydroxylation is 1. The highest BCUT2D eigenvalue weighted by Gasteiger charge is 2.35. The number of nitrogens with zero attached hydrogens (tertiary/aromatic N) is 2. The van der Waals surface area contributed by atoms with Crippen LogP contribution in [-0.2, 0) is 9.59 Å². The van der Waals surface area contributed by atoms with E-state index in [0.717, 1.165) is 0 Å². The van der Waals surface area contributed by atoms with Crippen molar-refractivity contribution in [3.8, 4) is 0 Å². The van der Waals surface area contributed by atoms with E-state index in [1.807, 2.05) is 0 Å². The van der Waals surface area contributed by atoms with Gasteiger partial charge < -0.3 is 9.42 Å². The summed E-state index contributed by atoms with van der Waals surface area (Å²) in [6, 6.07) is -0.686. The monoisotopic (exact) mass is 237 g/mol. The number of aromatic nitrogens is 1. The van der Waals surface area contributed by atoms with Gasteiger partial charge in [-0.25, -0.2) is 0 Å². The molecule has 2 heterocycles. The summed E-state index contributed by atoms with van der Waals surface area (Å²) >= 11 is 0. The molecule has 1 aliphatic rings. The minimum atomic E-state index is -0.686. The number of amides is 3. The molecule has 1 N–H and O–H groups in total. The number of hydrogen-bond donors (Lipinski definition) is 1. The Kier molecular flexibility index (Phi) is 2.66. The van der Waals surface area contributed by atoms with Crippen molar-refractivity contribution in [1.29, 1.82) is 0 Å². The third kappa shape index (κ3) is 1.91. The third-order valence-electron chi connectivity index (χ3n) is 2.67. The van der Waals surface area contributed by atoms with E-state index in [9.17, 15) is 14.4 Å². The Labute approximate surface area is 96.7 Å². The van der Waals surface area contributed by atoms with Crippen molar-refractivity contribution >= 4 is 17.7 Å². The SMILES string of the molecule is Cc1oncc1C(=O)N1CC(=O)NC(=O)C1C. The normalized spacial score (nSPS) is 20.4. The van der Waals surface area contributed by atoms with Gasteiger partial charge in [-0.3, -0.25) is 19.7 Å². The molecule has 7 nitrogen and oxygen atoms in total. The van der Waals surface area contributed by atoms with Crippen molar-refractivity contribution in [2.45, 2.75) is 19.9 Å². The number of hydrogen-bond acceptors (Lipinski definition) is 5. The highest BCUT2D eigenvalue weighted by Crippen LogP contribution is 2.14. The van der Waals surface area contributed by atoms with Crippen LogP contribution in [0.5, 0.6) is 0 Å². The number of nitrogens with one attached hydrogen (secondary N) is 1. The van der Waals surface area contributed by atoms with E-state index >= 15 is 0 Å². The first-order valence-corrected chi connectivity index (χ1v) is 5.06. The van der Waals surface area contributed by atoms with E-state index < -0.39 is 23.8 Å². The molecule has 0 bridgehead atoms. The molecule has 1 aromatic rings. The molecule has 1 aliphatic heterocycles. The molecule has 0 spiro atoms. The molecule has 0 aromatic carbocycles. The lowest BCUT2D eigenvalue weighted by Gasteiger charge is -2.31. The molecule has 2 rings (SSSR count). The maximum atomic E-state index is 12.1. The van der Waals surface area contributed by atoms with Gasteiger partial charge in [-0.15, -0.1) is 0 Å². The molecule has 1 saturated heterocycles. The van der Waals surface area contributed by atoms with Crippen molar-refractivity contribution in [3.63, 3.8) is 0 Å². The lowest BCUT2D eigenvalue weighted by Crippen LogP contribution is -2.58. The summed E-state index contributed by atoms with van der Waals surface area (Å²) in [5, 5.41) is 5.66. The molecular formula is C10H11N3O4. The molecule has 1 aromatic heterocycles. The van der Waals surface area contributed by atoms with Crippen LogP contribution in [0.1, 0.15) is 23.0 Å². The van der Waals surface area contributed by atoms with Crippen molar-refractivity contribution in [2.24, 2.45) is 0 Å². The second kappa shape index (κ2) is 4.00. The van der Waals surface area contributed by atoms with Crippen LogP contribution in [0.15, 0.2) is 10.7 Å². The molecule has 3 amide bonds. The fraction of sp³-hybridized carbons (Fsp3) is 0.400. The van der Waals surface area contributed by atoms with Crippen LogP contribution < -0.4 is 5.32 Å². The zero-order valence-electron chi connectivity index (χ0n) is 9.39. The Bertz CT molecular complexity index is 493. The molecule has 1 atom stereocenters. The molecule has 1 unspecified atom stereocenters. The van der Waals surface area contributed by atoms with E-state index in [2.05, 4.69) is 10.5 Å². The summed E-state index contributed by atoms with van der Waals surface area (Å²) in [5.74, 6) is -1.04. The second-order valence-corrected chi connectivity index (χ2v) is 3.82. The Morgan fingerprint density at radius 2 is 2.29 bits per heavy atom. The first-order chi connectivity index (χ1) is 8.00. The number of carbonyl (C=O) groups excluding carboxylic acids is 3. The van der Waals surface area contributed by atoms with Gasteiger partial charge in [0.25, 0.3) is 5.91 Å². The minimum Gasteiger partial charge on any atom is -0.361 e. The Morgan fingerprint density at radius 3 is 2.88 bits per heavy atom. The zero-order valence-corrected chi connectivity index (χ0v) is 9.39. The van der Waals surface area contributed by atoms with E-state index in [0.29, 0.717) is 5.76 Å². The number of rotatable bonds is 1. The summed E-state index contributed by atoms with van der Waals surface area (Å²) in [6.45, 7) is 3.01. The van der Waals surface area contributed by atoms with E-state index in [1.54, 1.807) is 13.8 Å². The Morgan fingerprint density at radius 1 is 1.59 bits per heavy atom. The summed E-state index contributed by atoms with van der Waals surface area (Å²) in [4.78, 5) is 35.9. The van der Waals surface area contributed by atoms with Gasteiger partial charge in [-0.2, -0.15) is 0 Å². The van der Waals surface area contributed by atoms with Crippen molar-refractivity contribution in [3.05, 3.63) is 17.5 Å². The maximum absolute atomic E-state index is 12.1. The first kappa shape index (κ1) is 11.3. The van der Waals surface area contributed by atoms with E-state index in [4.69, 9.17) is 4.52 Å². The van der Waals surface area contributed by atoms with E-state index in [-0.39, 0.29) is 12.1 Å². The number of carbonyl (C=O) groups is 3. The lowest BCUT2D eigenvalue weighted by molar-refractivity contribution is -0.138. The van der Waals surface area contributed by atoms with Gasteiger partial charge in [-0.05, 0) is 13.8 Å². The summed E-state index contributed by atoms with van der Waals surface area (Å²) in [7, 11) is 0. The Balaban J connectivity index is 2.27. The van der Waals surface area contributed by atoms with Gasteiger partial charge in [0.1, 0.15) is 23.9 Å². The number of imide groups is 1. The molecular weight excluding hydrogens is 226 g/mol. The second-order valence-electron chi connectivity index (χ2n) is 3.82. The molecule has 90 valence electrons. The molecule has 17 heavy (non-hydrogen) atoms. The standard InChI is InChI=1S/C10H11N3O4/c1-5-9(15)12-8(14)4-13(5)10(16)7-3-11-17-6(7)2/h3,5H,4H2,1-2H3,(H,12,14,15). The van der Waals surface area contributed by atoms with Gasteiger partial charge in [0.2, 0.25) is 11.8 Å². The average molecular weight is 237 g/mol. The lowest BCUT2D eigenvalue weighted by atomic mass is 10.1. The molecule has 0 radical (unpaired) electrons. The van der Waals surface area contributed by atoms with Gasteiger partial charge in [0.05, 0.1) is 6.20 Å². The fourth-order valence-electron chi connectivity index (χ4n) is 1.62. The van der Waals surface area contributed by atoms with Crippen LogP contribution >= 0.6 is 0 Å². The predicted molar refractivity (Wildman–Crippen MR) is 54.9 cm³/mol. The number of piperazine rings is 1.